The number of carbonyl (C=O) groups excluding carboxylic acids is 1. The average molecular weight is 361 g/mol. The summed E-state index contributed by atoms with van der Waals surface area (Å²) in [6, 6.07) is 5.72. The molecule has 3 rings (SSSR count). The first kappa shape index (κ1) is 17.0. The number of esters is 1. The number of fused-ring (bicyclic) bond motifs is 2. The summed E-state index contributed by atoms with van der Waals surface area (Å²) < 4.78 is 72.3. The van der Waals surface area contributed by atoms with Crippen LogP contribution in [0.3, 0.4) is 0 Å². The molecule has 130 valence electrons. The minimum absolute atomic E-state index is 0.110. The van der Waals surface area contributed by atoms with E-state index in [-0.39, 0.29) is 15.6 Å². The fraction of sp³-hybridized carbons (Fsp3) is 0.400. The molecule has 1 aromatic carbocycles. The predicted octanol–water partition coefficient (Wildman–Crippen LogP) is 2.11. The smallest absolute Gasteiger partial charge is 0.419 e. The second-order valence-electron chi connectivity index (χ2n) is 5.66. The van der Waals surface area contributed by atoms with Crippen molar-refractivity contribution in [1.82, 2.24) is 4.31 Å². The fourth-order valence-corrected chi connectivity index (χ4v) is 5.44. The van der Waals surface area contributed by atoms with Gasteiger partial charge in [0, 0.05) is 12.0 Å². The first-order valence-corrected chi connectivity index (χ1v) is 8.54. The highest BCUT2D eigenvalue weighted by Crippen LogP contribution is 2.55. The molecule has 1 heterocycles. The Morgan fingerprint density at radius 1 is 1.25 bits per heavy atom. The number of hydrogen-bond donors (Lipinski definition) is 0. The summed E-state index contributed by atoms with van der Waals surface area (Å²) in [6.45, 7) is 0. The standard InChI is InChI=1S/C15H14F3NO4S/c1-23-13(20)14(15(16,17)18)10-7-8-11(9-10)19(14)24(21,22)12-5-3-2-4-6-12/h2-8,10-11H,9H2,1H3/t10-,11-,14+/m0/s1. The molecule has 3 atom stereocenters. The number of alkyl halides is 3. The normalized spacial score (nSPS) is 29.8. The molecule has 1 aliphatic heterocycles. The highest BCUT2D eigenvalue weighted by atomic mass is 32.2. The molecule has 0 radical (unpaired) electrons. The van der Waals surface area contributed by atoms with Gasteiger partial charge in [0.15, 0.2) is 0 Å². The van der Waals surface area contributed by atoms with E-state index in [0.717, 1.165) is 7.11 Å². The van der Waals surface area contributed by atoms with Gasteiger partial charge in [-0.2, -0.15) is 17.5 Å². The van der Waals surface area contributed by atoms with Crippen molar-refractivity contribution < 1.29 is 31.1 Å². The van der Waals surface area contributed by atoms with Crippen LogP contribution in [0.5, 0.6) is 0 Å². The third kappa shape index (κ3) is 2.04. The summed E-state index contributed by atoms with van der Waals surface area (Å²) in [6.07, 6.45) is -2.60. The molecule has 0 N–H and O–H groups in total. The predicted molar refractivity (Wildman–Crippen MR) is 77.3 cm³/mol. The summed E-state index contributed by atoms with van der Waals surface area (Å²) in [7, 11) is -3.74. The number of hydrogen-bond acceptors (Lipinski definition) is 4. The van der Waals surface area contributed by atoms with E-state index in [1.54, 1.807) is 6.07 Å². The summed E-state index contributed by atoms with van der Waals surface area (Å²) in [5.74, 6) is -2.93. The highest BCUT2D eigenvalue weighted by molar-refractivity contribution is 7.89. The molecule has 0 amide bonds. The van der Waals surface area contributed by atoms with Crippen LogP contribution in [0.4, 0.5) is 13.2 Å². The Labute approximate surface area is 136 Å². The zero-order chi connectivity index (χ0) is 17.8. The van der Waals surface area contributed by atoms with Crippen molar-refractivity contribution in [3.05, 3.63) is 42.5 Å². The summed E-state index contributed by atoms with van der Waals surface area (Å²) in [5.41, 5.74) is -3.24. The SMILES string of the molecule is COC(=O)[C@@]1(C(F)(F)F)[C@H]2C=C[C@@H](C2)N1S(=O)(=O)c1ccccc1. The summed E-state index contributed by atoms with van der Waals surface area (Å²) in [4.78, 5) is 11.9. The van der Waals surface area contributed by atoms with Crippen LogP contribution in [0.1, 0.15) is 6.42 Å². The maximum atomic E-state index is 14.0. The molecule has 24 heavy (non-hydrogen) atoms. The van der Waals surface area contributed by atoms with Crippen LogP contribution in [0, 0.1) is 5.92 Å². The molecule has 2 aliphatic rings. The second kappa shape index (κ2) is 5.32. The second-order valence-corrected chi connectivity index (χ2v) is 7.48. The Kier molecular flexibility index (Phi) is 3.76. The lowest BCUT2D eigenvalue weighted by molar-refractivity contribution is -0.230. The van der Waals surface area contributed by atoms with E-state index in [4.69, 9.17) is 0 Å². The Morgan fingerprint density at radius 3 is 2.42 bits per heavy atom. The highest BCUT2D eigenvalue weighted by Gasteiger charge is 2.76. The lowest BCUT2D eigenvalue weighted by atomic mass is 9.85. The Balaban J connectivity index is 2.25. The van der Waals surface area contributed by atoms with E-state index < -0.39 is 39.7 Å². The molecule has 1 aromatic rings. The number of sulfonamides is 1. The maximum absolute atomic E-state index is 14.0. The van der Waals surface area contributed by atoms with Crippen LogP contribution >= 0.6 is 0 Å². The molecule has 0 unspecified atom stereocenters. The van der Waals surface area contributed by atoms with Gasteiger partial charge in [-0.15, -0.1) is 0 Å². The number of carbonyl (C=O) groups is 1. The first-order chi connectivity index (χ1) is 11.2. The van der Waals surface area contributed by atoms with Crippen molar-refractivity contribution in [2.24, 2.45) is 5.92 Å². The third-order valence-electron chi connectivity index (χ3n) is 4.48. The Hall–Kier alpha value is -1.87. The van der Waals surface area contributed by atoms with Crippen molar-refractivity contribution in [2.75, 3.05) is 7.11 Å². The van der Waals surface area contributed by atoms with E-state index in [1.165, 1.54) is 36.4 Å². The summed E-state index contributed by atoms with van der Waals surface area (Å²) >= 11 is 0. The van der Waals surface area contributed by atoms with Crippen molar-refractivity contribution in [2.45, 2.75) is 29.1 Å². The molecule has 1 aliphatic carbocycles. The largest absolute Gasteiger partial charge is 0.467 e. The molecule has 0 aromatic heterocycles. The van der Waals surface area contributed by atoms with Crippen molar-refractivity contribution in [3.8, 4) is 0 Å². The molecular formula is C15H14F3NO4S. The van der Waals surface area contributed by atoms with Gasteiger partial charge in [0.2, 0.25) is 15.6 Å². The molecule has 5 nitrogen and oxygen atoms in total. The van der Waals surface area contributed by atoms with Crippen LogP contribution < -0.4 is 0 Å². The Bertz CT molecular complexity index is 791. The number of ether oxygens (including phenoxy) is 1. The molecular weight excluding hydrogens is 347 g/mol. The first-order valence-electron chi connectivity index (χ1n) is 7.10. The van der Waals surface area contributed by atoms with Crippen LogP contribution in [0.15, 0.2) is 47.4 Å². The van der Waals surface area contributed by atoms with Crippen LogP contribution in [-0.2, 0) is 19.6 Å². The fourth-order valence-electron chi connectivity index (χ4n) is 3.51. The van der Waals surface area contributed by atoms with E-state index in [0.29, 0.717) is 0 Å². The number of nitrogens with zero attached hydrogens (tertiary/aromatic N) is 1. The van der Waals surface area contributed by atoms with Crippen molar-refractivity contribution in [1.29, 1.82) is 0 Å². The molecule has 1 fully saturated rings. The molecule has 0 saturated carbocycles. The minimum atomic E-state index is -5.12. The molecule has 9 heteroatoms. The third-order valence-corrected chi connectivity index (χ3v) is 6.42. The lowest BCUT2D eigenvalue weighted by Gasteiger charge is -2.41. The van der Waals surface area contributed by atoms with Crippen LogP contribution in [0.2, 0.25) is 0 Å². The van der Waals surface area contributed by atoms with E-state index in [9.17, 15) is 26.4 Å². The monoisotopic (exact) mass is 361 g/mol. The van der Waals surface area contributed by atoms with Gasteiger partial charge in [-0.05, 0) is 18.6 Å². The van der Waals surface area contributed by atoms with Gasteiger partial charge >= 0.3 is 12.1 Å². The summed E-state index contributed by atoms with van der Waals surface area (Å²) in [5, 5.41) is 0. The number of halogens is 3. The van der Waals surface area contributed by atoms with Gasteiger partial charge < -0.3 is 4.74 Å². The van der Waals surface area contributed by atoms with Crippen molar-refractivity contribution in [3.63, 3.8) is 0 Å². The molecule has 2 bridgehead atoms. The van der Waals surface area contributed by atoms with Gasteiger partial charge in [0.05, 0.1) is 12.0 Å². The maximum Gasteiger partial charge on any atom is 0.419 e. The topological polar surface area (TPSA) is 63.7 Å². The van der Waals surface area contributed by atoms with Gasteiger partial charge in [-0.1, -0.05) is 30.4 Å². The number of methoxy groups -OCH3 is 1. The molecule has 0 spiro atoms. The lowest BCUT2D eigenvalue weighted by Crippen LogP contribution is -2.67. The van der Waals surface area contributed by atoms with E-state index in [2.05, 4.69) is 4.74 Å². The number of rotatable bonds is 3. The quantitative estimate of drug-likeness (QED) is 0.611. The zero-order valence-corrected chi connectivity index (χ0v) is 13.3. The van der Waals surface area contributed by atoms with Gasteiger partial charge in [0.1, 0.15) is 0 Å². The number of benzene rings is 1. The van der Waals surface area contributed by atoms with Gasteiger partial charge in [0.25, 0.3) is 0 Å². The zero-order valence-electron chi connectivity index (χ0n) is 12.5. The van der Waals surface area contributed by atoms with Crippen LogP contribution in [0.25, 0.3) is 0 Å². The van der Waals surface area contributed by atoms with Gasteiger partial charge in [-0.25, -0.2) is 13.2 Å². The van der Waals surface area contributed by atoms with E-state index in [1.807, 2.05) is 0 Å². The average Bonchev–Trinajstić information content (AvgIpc) is 3.14. The molecule has 1 saturated heterocycles. The minimum Gasteiger partial charge on any atom is -0.467 e. The Morgan fingerprint density at radius 2 is 1.88 bits per heavy atom. The van der Waals surface area contributed by atoms with Crippen molar-refractivity contribution >= 4 is 16.0 Å². The van der Waals surface area contributed by atoms with Gasteiger partial charge in [-0.3, -0.25) is 0 Å². The van der Waals surface area contributed by atoms with E-state index >= 15 is 0 Å². The van der Waals surface area contributed by atoms with Crippen LogP contribution in [-0.4, -0.2) is 43.6 Å².